The highest BCUT2D eigenvalue weighted by Crippen LogP contribution is 2.24. The van der Waals surface area contributed by atoms with Crippen LogP contribution in [0.3, 0.4) is 0 Å². The number of nitrogens with one attached hydrogen (secondary N) is 1. The van der Waals surface area contributed by atoms with Crippen molar-refractivity contribution in [2.75, 3.05) is 0 Å². The van der Waals surface area contributed by atoms with E-state index >= 15 is 0 Å². The lowest BCUT2D eigenvalue weighted by molar-refractivity contribution is -0.00540. The first-order valence-corrected chi connectivity index (χ1v) is 5.59. The molecular formula is C13H20FNO2. The molecule has 4 heteroatoms. The SMILES string of the molecule is CC(C)(O)C(C)(C)NCc1cccc(F)c1O. The number of phenolic OH excluding ortho intramolecular Hbond substituents is 1. The van der Waals surface area contributed by atoms with E-state index in [1.165, 1.54) is 6.07 Å². The number of phenols is 1. The van der Waals surface area contributed by atoms with Crippen molar-refractivity contribution in [1.29, 1.82) is 0 Å². The van der Waals surface area contributed by atoms with Crippen LogP contribution in [0.1, 0.15) is 33.3 Å². The van der Waals surface area contributed by atoms with Crippen molar-refractivity contribution in [2.45, 2.75) is 45.4 Å². The molecular weight excluding hydrogens is 221 g/mol. The number of benzene rings is 1. The van der Waals surface area contributed by atoms with Gasteiger partial charge in [0.15, 0.2) is 11.6 Å². The second-order valence-electron chi connectivity index (χ2n) is 5.29. The largest absolute Gasteiger partial charge is 0.505 e. The maximum Gasteiger partial charge on any atom is 0.165 e. The number of halogens is 1. The summed E-state index contributed by atoms with van der Waals surface area (Å²) < 4.78 is 13.1. The number of aromatic hydroxyl groups is 1. The van der Waals surface area contributed by atoms with Crippen LogP contribution in [-0.4, -0.2) is 21.4 Å². The van der Waals surface area contributed by atoms with Gasteiger partial charge in [0.25, 0.3) is 0 Å². The summed E-state index contributed by atoms with van der Waals surface area (Å²) in [5.74, 6) is -0.975. The molecule has 0 aliphatic heterocycles. The zero-order valence-electron chi connectivity index (χ0n) is 10.7. The fourth-order valence-electron chi connectivity index (χ4n) is 1.24. The standard InChI is InChI=1S/C13H20FNO2/c1-12(2,13(3,4)17)15-8-9-6-5-7-10(14)11(9)16/h5-7,15-17H,8H2,1-4H3. The van der Waals surface area contributed by atoms with Crippen molar-refractivity contribution in [3.63, 3.8) is 0 Å². The number of para-hydroxylation sites is 1. The highest BCUT2D eigenvalue weighted by Gasteiger charge is 2.34. The predicted molar refractivity (Wildman–Crippen MR) is 65.3 cm³/mol. The molecule has 0 aliphatic rings. The van der Waals surface area contributed by atoms with Gasteiger partial charge in [0, 0.05) is 17.6 Å². The molecule has 0 saturated heterocycles. The molecule has 0 aliphatic carbocycles. The van der Waals surface area contributed by atoms with E-state index < -0.39 is 17.0 Å². The van der Waals surface area contributed by atoms with E-state index in [9.17, 15) is 14.6 Å². The van der Waals surface area contributed by atoms with Gasteiger partial charge < -0.3 is 15.5 Å². The summed E-state index contributed by atoms with van der Waals surface area (Å²) in [6.07, 6.45) is 0. The van der Waals surface area contributed by atoms with Crippen molar-refractivity contribution in [3.8, 4) is 5.75 Å². The zero-order chi connectivity index (χ0) is 13.3. The van der Waals surface area contributed by atoms with Crippen molar-refractivity contribution in [2.24, 2.45) is 0 Å². The molecule has 96 valence electrons. The normalized spacial score (nSPS) is 12.8. The molecule has 0 spiro atoms. The Morgan fingerprint density at radius 1 is 1.24 bits per heavy atom. The molecule has 0 atom stereocenters. The van der Waals surface area contributed by atoms with E-state index in [1.807, 2.05) is 13.8 Å². The van der Waals surface area contributed by atoms with E-state index in [0.29, 0.717) is 12.1 Å². The fraction of sp³-hybridized carbons (Fsp3) is 0.538. The molecule has 1 aromatic carbocycles. The Morgan fingerprint density at radius 3 is 2.35 bits per heavy atom. The topological polar surface area (TPSA) is 52.5 Å². The summed E-state index contributed by atoms with van der Waals surface area (Å²) in [4.78, 5) is 0. The molecule has 1 aromatic rings. The first-order chi connectivity index (χ1) is 7.65. The van der Waals surface area contributed by atoms with Gasteiger partial charge in [0.05, 0.1) is 5.60 Å². The smallest absolute Gasteiger partial charge is 0.165 e. The number of aliphatic hydroxyl groups is 1. The highest BCUT2D eigenvalue weighted by molar-refractivity contribution is 5.33. The van der Waals surface area contributed by atoms with Crippen molar-refractivity contribution in [1.82, 2.24) is 5.32 Å². The Bertz CT molecular complexity index is 397. The van der Waals surface area contributed by atoms with Gasteiger partial charge in [-0.3, -0.25) is 0 Å². The molecule has 17 heavy (non-hydrogen) atoms. The van der Waals surface area contributed by atoms with Crippen LogP contribution in [0.25, 0.3) is 0 Å². The van der Waals surface area contributed by atoms with Gasteiger partial charge >= 0.3 is 0 Å². The van der Waals surface area contributed by atoms with Crippen molar-refractivity contribution < 1.29 is 14.6 Å². The van der Waals surface area contributed by atoms with Gasteiger partial charge in [0.2, 0.25) is 0 Å². The third kappa shape index (κ3) is 3.17. The first kappa shape index (κ1) is 13.9. The Labute approximate surface area is 101 Å². The number of hydrogen-bond acceptors (Lipinski definition) is 3. The Morgan fingerprint density at radius 2 is 1.82 bits per heavy atom. The Hall–Kier alpha value is -1.13. The average molecular weight is 241 g/mol. The van der Waals surface area contributed by atoms with E-state index in [2.05, 4.69) is 5.32 Å². The van der Waals surface area contributed by atoms with Gasteiger partial charge in [-0.15, -0.1) is 0 Å². The molecule has 1 rings (SSSR count). The summed E-state index contributed by atoms with van der Waals surface area (Å²) in [7, 11) is 0. The minimum atomic E-state index is -0.921. The lowest BCUT2D eigenvalue weighted by Crippen LogP contribution is -2.55. The number of hydrogen-bond donors (Lipinski definition) is 3. The molecule has 0 radical (unpaired) electrons. The maximum absolute atomic E-state index is 13.1. The van der Waals surface area contributed by atoms with Crippen LogP contribution in [0.2, 0.25) is 0 Å². The molecule has 0 fully saturated rings. The molecule has 0 heterocycles. The van der Waals surface area contributed by atoms with Crippen molar-refractivity contribution >= 4 is 0 Å². The molecule has 3 nitrogen and oxygen atoms in total. The van der Waals surface area contributed by atoms with Gasteiger partial charge in [-0.2, -0.15) is 0 Å². The van der Waals surface area contributed by atoms with Gasteiger partial charge in [-0.05, 0) is 33.8 Å². The van der Waals surface area contributed by atoms with E-state index in [-0.39, 0.29) is 5.75 Å². The van der Waals surface area contributed by atoms with Crippen LogP contribution in [0, 0.1) is 5.82 Å². The highest BCUT2D eigenvalue weighted by atomic mass is 19.1. The Balaban J connectivity index is 2.78. The third-order valence-electron chi connectivity index (χ3n) is 3.32. The lowest BCUT2D eigenvalue weighted by Gasteiger charge is -2.38. The fourth-order valence-corrected chi connectivity index (χ4v) is 1.24. The molecule has 0 unspecified atom stereocenters. The summed E-state index contributed by atoms with van der Waals surface area (Å²) in [6, 6.07) is 4.40. The lowest BCUT2D eigenvalue weighted by atomic mass is 9.86. The maximum atomic E-state index is 13.1. The monoisotopic (exact) mass is 241 g/mol. The molecule has 0 bridgehead atoms. The van der Waals surface area contributed by atoms with Crippen molar-refractivity contribution in [3.05, 3.63) is 29.6 Å². The van der Waals surface area contributed by atoms with Crippen LogP contribution in [0.15, 0.2) is 18.2 Å². The van der Waals surface area contributed by atoms with Gasteiger partial charge in [-0.25, -0.2) is 4.39 Å². The van der Waals surface area contributed by atoms with Crippen LogP contribution in [0.5, 0.6) is 5.75 Å². The van der Waals surface area contributed by atoms with Crippen LogP contribution in [0.4, 0.5) is 4.39 Å². The minimum Gasteiger partial charge on any atom is -0.505 e. The summed E-state index contributed by atoms with van der Waals surface area (Å²) in [5.41, 5.74) is -0.996. The molecule has 0 amide bonds. The van der Waals surface area contributed by atoms with Crippen LogP contribution in [-0.2, 0) is 6.54 Å². The minimum absolute atomic E-state index is 0.292. The molecule has 0 saturated carbocycles. The predicted octanol–water partition coefficient (Wildman–Crippen LogP) is 2.17. The van der Waals surface area contributed by atoms with E-state index in [0.717, 1.165) is 0 Å². The van der Waals surface area contributed by atoms with Crippen LogP contribution < -0.4 is 5.32 Å². The number of rotatable bonds is 4. The second kappa shape index (κ2) is 4.63. The van der Waals surface area contributed by atoms with Gasteiger partial charge in [0.1, 0.15) is 0 Å². The van der Waals surface area contributed by atoms with E-state index in [4.69, 9.17) is 0 Å². The summed E-state index contributed by atoms with van der Waals surface area (Å²) >= 11 is 0. The van der Waals surface area contributed by atoms with Crippen LogP contribution >= 0.6 is 0 Å². The Kier molecular flexibility index (Phi) is 3.79. The first-order valence-electron chi connectivity index (χ1n) is 5.59. The summed E-state index contributed by atoms with van der Waals surface area (Å²) in [6.45, 7) is 7.39. The zero-order valence-corrected chi connectivity index (χ0v) is 10.7. The molecule has 0 aromatic heterocycles. The summed E-state index contributed by atoms with van der Waals surface area (Å²) in [5, 5.41) is 22.6. The molecule has 3 N–H and O–H groups in total. The quantitative estimate of drug-likeness (QED) is 0.757. The third-order valence-corrected chi connectivity index (χ3v) is 3.32. The average Bonchev–Trinajstić information content (AvgIpc) is 2.18. The second-order valence-corrected chi connectivity index (χ2v) is 5.29. The van der Waals surface area contributed by atoms with Gasteiger partial charge in [-0.1, -0.05) is 12.1 Å². The van der Waals surface area contributed by atoms with E-state index in [1.54, 1.807) is 26.0 Å².